The van der Waals surface area contributed by atoms with Gasteiger partial charge in [-0.15, -0.1) is 0 Å². The first-order valence-corrected chi connectivity index (χ1v) is 11.6. The molecule has 0 radical (unpaired) electrons. The molecule has 1 saturated heterocycles. The first-order valence-electron chi connectivity index (χ1n) is 11.6. The predicted octanol–water partition coefficient (Wildman–Crippen LogP) is 4.44. The number of ether oxygens (including phenoxy) is 1. The van der Waals surface area contributed by atoms with Crippen molar-refractivity contribution in [2.24, 2.45) is 0 Å². The van der Waals surface area contributed by atoms with Crippen LogP contribution >= 0.6 is 0 Å². The highest BCUT2D eigenvalue weighted by Gasteiger charge is 2.22. The molecule has 0 aliphatic carbocycles. The highest BCUT2D eigenvalue weighted by molar-refractivity contribution is 5.86. The van der Waals surface area contributed by atoms with Gasteiger partial charge >= 0.3 is 0 Å². The highest BCUT2D eigenvalue weighted by atomic mass is 16.5. The van der Waals surface area contributed by atoms with E-state index in [-0.39, 0.29) is 17.2 Å². The van der Waals surface area contributed by atoms with Crippen LogP contribution < -0.4 is 5.32 Å². The summed E-state index contributed by atoms with van der Waals surface area (Å²) in [6.45, 7) is 11.6. The lowest BCUT2D eigenvalue weighted by Gasteiger charge is -2.26. The molecule has 0 bridgehead atoms. The van der Waals surface area contributed by atoms with Gasteiger partial charge in [-0.05, 0) is 28.2 Å². The van der Waals surface area contributed by atoms with Gasteiger partial charge in [0.25, 0.3) is 0 Å². The van der Waals surface area contributed by atoms with E-state index in [1.54, 1.807) is 0 Å². The van der Waals surface area contributed by atoms with Crippen molar-refractivity contribution >= 4 is 16.8 Å². The maximum Gasteiger partial charge on any atom is 0.220 e. The molecule has 3 aromatic rings. The van der Waals surface area contributed by atoms with Crippen LogP contribution in [-0.4, -0.2) is 55.2 Å². The highest BCUT2D eigenvalue weighted by Crippen LogP contribution is 2.34. The van der Waals surface area contributed by atoms with Crippen molar-refractivity contribution in [3.63, 3.8) is 0 Å². The second-order valence-corrected chi connectivity index (χ2v) is 9.72. The molecule has 170 valence electrons. The van der Waals surface area contributed by atoms with Crippen molar-refractivity contribution in [3.8, 4) is 0 Å². The van der Waals surface area contributed by atoms with E-state index in [0.29, 0.717) is 13.0 Å². The number of rotatable bonds is 7. The third-order valence-corrected chi connectivity index (χ3v) is 6.42. The van der Waals surface area contributed by atoms with Crippen molar-refractivity contribution in [3.05, 3.63) is 71.4 Å². The molecule has 1 fully saturated rings. The molecule has 32 heavy (non-hydrogen) atoms. The second kappa shape index (κ2) is 9.88. The zero-order chi connectivity index (χ0) is 22.6. The Kier molecular flexibility index (Phi) is 6.97. The van der Waals surface area contributed by atoms with E-state index >= 15 is 0 Å². The van der Waals surface area contributed by atoms with E-state index in [1.807, 2.05) is 6.07 Å². The van der Waals surface area contributed by atoms with Gasteiger partial charge in [0.15, 0.2) is 0 Å². The number of para-hydroxylation sites is 1. The number of carbonyl (C=O) groups excluding carboxylic acids is 1. The Morgan fingerprint density at radius 3 is 2.53 bits per heavy atom. The van der Waals surface area contributed by atoms with Gasteiger partial charge in [-0.1, -0.05) is 63.2 Å². The van der Waals surface area contributed by atoms with Crippen molar-refractivity contribution in [1.82, 2.24) is 15.2 Å². The topological polar surface area (TPSA) is 57.4 Å². The lowest BCUT2D eigenvalue weighted by atomic mass is 9.83. The molecule has 2 heterocycles. The van der Waals surface area contributed by atoms with Gasteiger partial charge in [-0.2, -0.15) is 0 Å². The molecule has 1 aliphatic rings. The van der Waals surface area contributed by atoms with Crippen LogP contribution in [0.3, 0.4) is 0 Å². The summed E-state index contributed by atoms with van der Waals surface area (Å²) in [6.07, 6.45) is 2.49. The van der Waals surface area contributed by atoms with Crippen LogP contribution in [0.15, 0.2) is 54.7 Å². The van der Waals surface area contributed by atoms with E-state index in [0.717, 1.165) is 38.4 Å². The quantitative estimate of drug-likeness (QED) is 0.579. The van der Waals surface area contributed by atoms with E-state index in [9.17, 15) is 4.79 Å². The van der Waals surface area contributed by atoms with Crippen LogP contribution in [0.5, 0.6) is 0 Å². The molecule has 4 rings (SSSR count). The Hall–Kier alpha value is -2.63. The average molecular weight is 434 g/mol. The number of aromatic amines is 1. The summed E-state index contributed by atoms with van der Waals surface area (Å²) >= 11 is 0. The van der Waals surface area contributed by atoms with Crippen LogP contribution in [0.4, 0.5) is 0 Å². The van der Waals surface area contributed by atoms with Gasteiger partial charge < -0.3 is 15.0 Å². The number of hydrogen-bond acceptors (Lipinski definition) is 3. The van der Waals surface area contributed by atoms with Gasteiger partial charge in [-0.25, -0.2) is 0 Å². The number of morpholine rings is 1. The predicted molar refractivity (Wildman–Crippen MR) is 130 cm³/mol. The Bertz CT molecular complexity index is 1030. The summed E-state index contributed by atoms with van der Waals surface area (Å²) in [6, 6.07) is 17.1. The van der Waals surface area contributed by atoms with Crippen molar-refractivity contribution < 1.29 is 9.53 Å². The molecular formula is C27H35N3O2. The number of amides is 1. The molecule has 2 aromatic carbocycles. The fourth-order valence-corrected chi connectivity index (χ4v) is 4.44. The third-order valence-electron chi connectivity index (χ3n) is 6.42. The van der Waals surface area contributed by atoms with Gasteiger partial charge in [0.1, 0.15) is 0 Å². The van der Waals surface area contributed by atoms with Crippen molar-refractivity contribution in [1.29, 1.82) is 0 Å². The summed E-state index contributed by atoms with van der Waals surface area (Å²) in [4.78, 5) is 18.7. The van der Waals surface area contributed by atoms with Crippen molar-refractivity contribution in [2.75, 3.05) is 39.4 Å². The van der Waals surface area contributed by atoms with E-state index in [2.05, 4.69) is 84.6 Å². The normalized spacial score (nSPS) is 16.2. The van der Waals surface area contributed by atoms with Crippen LogP contribution in [-0.2, 0) is 14.9 Å². The van der Waals surface area contributed by atoms with Crippen LogP contribution in [0.25, 0.3) is 10.9 Å². The average Bonchev–Trinajstić information content (AvgIpc) is 3.22. The summed E-state index contributed by atoms with van der Waals surface area (Å²) in [5.74, 6) is 0.0944. The molecule has 1 atom stereocenters. The van der Waals surface area contributed by atoms with Gasteiger partial charge in [-0.3, -0.25) is 9.69 Å². The number of benzene rings is 2. The Morgan fingerprint density at radius 1 is 1.09 bits per heavy atom. The summed E-state index contributed by atoms with van der Waals surface area (Å²) in [7, 11) is 0. The third kappa shape index (κ3) is 5.40. The number of nitrogens with one attached hydrogen (secondary N) is 2. The van der Waals surface area contributed by atoms with E-state index in [4.69, 9.17) is 4.74 Å². The molecule has 0 saturated carbocycles. The summed E-state index contributed by atoms with van der Waals surface area (Å²) < 4.78 is 5.40. The van der Waals surface area contributed by atoms with Crippen LogP contribution in [0.2, 0.25) is 0 Å². The Balaban J connectivity index is 1.52. The lowest BCUT2D eigenvalue weighted by Crippen LogP contribution is -2.41. The minimum absolute atomic E-state index is 0.00329. The van der Waals surface area contributed by atoms with Crippen molar-refractivity contribution in [2.45, 2.75) is 38.5 Å². The Labute approximate surface area is 191 Å². The zero-order valence-electron chi connectivity index (χ0n) is 19.5. The monoisotopic (exact) mass is 433 g/mol. The molecular weight excluding hydrogens is 398 g/mol. The number of carbonyl (C=O) groups is 1. The fourth-order valence-electron chi connectivity index (χ4n) is 4.44. The number of H-pyrrole nitrogens is 1. The molecule has 5 heteroatoms. The first-order chi connectivity index (χ1) is 15.4. The maximum absolute atomic E-state index is 13.0. The standard InChI is InChI=1S/C27H35N3O2/c1-27(2,3)21-10-8-20(9-11-21)23(24-19-29-25-7-5-4-6-22(24)25)18-26(31)28-12-13-30-14-16-32-17-15-30/h4-11,19,23,29H,12-18H2,1-3H3,(H,28,31). The number of fused-ring (bicyclic) bond motifs is 1. The van der Waals surface area contributed by atoms with E-state index in [1.165, 1.54) is 22.1 Å². The van der Waals surface area contributed by atoms with Gasteiger partial charge in [0, 0.05) is 55.6 Å². The summed E-state index contributed by atoms with van der Waals surface area (Å²) in [5.41, 5.74) is 4.85. The molecule has 1 aromatic heterocycles. The number of nitrogens with zero attached hydrogens (tertiary/aromatic N) is 1. The Morgan fingerprint density at radius 2 is 1.81 bits per heavy atom. The molecule has 2 N–H and O–H groups in total. The SMILES string of the molecule is CC(C)(C)c1ccc(C(CC(=O)NCCN2CCOCC2)c2c[nH]c3ccccc23)cc1. The summed E-state index contributed by atoms with van der Waals surface area (Å²) in [5, 5.41) is 4.32. The first kappa shape index (κ1) is 22.6. The minimum atomic E-state index is 0.00329. The smallest absolute Gasteiger partial charge is 0.220 e. The molecule has 1 aliphatic heterocycles. The van der Waals surface area contributed by atoms with Gasteiger partial charge in [0.2, 0.25) is 5.91 Å². The number of aromatic nitrogens is 1. The zero-order valence-corrected chi connectivity index (χ0v) is 19.5. The van der Waals surface area contributed by atoms with Crippen LogP contribution in [0, 0.1) is 0 Å². The number of hydrogen-bond donors (Lipinski definition) is 2. The molecule has 1 unspecified atom stereocenters. The van der Waals surface area contributed by atoms with Gasteiger partial charge in [0.05, 0.1) is 13.2 Å². The second-order valence-electron chi connectivity index (χ2n) is 9.72. The van der Waals surface area contributed by atoms with E-state index < -0.39 is 0 Å². The largest absolute Gasteiger partial charge is 0.379 e. The van der Waals surface area contributed by atoms with Crippen LogP contribution in [0.1, 0.15) is 49.8 Å². The molecule has 0 spiro atoms. The lowest BCUT2D eigenvalue weighted by molar-refractivity contribution is -0.121. The fraction of sp³-hybridized carbons (Fsp3) is 0.444. The molecule has 5 nitrogen and oxygen atoms in total. The maximum atomic E-state index is 13.0. The molecule has 1 amide bonds. The minimum Gasteiger partial charge on any atom is -0.379 e.